The number of hydrogen-bond donors (Lipinski definition) is 1. The zero-order valence-electron chi connectivity index (χ0n) is 8.24. The number of nitrogens with two attached hydrogens (primary N) is 1. The van der Waals surface area contributed by atoms with Crippen molar-refractivity contribution in [1.29, 1.82) is 0 Å². The molecule has 1 saturated heterocycles. The highest BCUT2D eigenvalue weighted by atomic mass is 32.2. The molecule has 1 aliphatic rings. The van der Waals surface area contributed by atoms with Crippen molar-refractivity contribution in [3.05, 3.63) is 16.1 Å². The summed E-state index contributed by atoms with van der Waals surface area (Å²) < 4.78 is 0. The normalized spacial score (nSPS) is 22.5. The Labute approximate surface area is 93.3 Å². The van der Waals surface area contributed by atoms with E-state index in [4.69, 9.17) is 5.73 Å². The molecule has 78 valence electrons. The fourth-order valence-corrected chi connectivity index (χ4v) is 4.01. The number of aromatic nitrogens is 1. The van der Waals surface area contributed by atoms with Crippen LogP contribution in [0, 0.1) is 0 Å². The molecule has 1 fully saturated rings. The van der Waals surface area contributed by atoms with Crippen LogP contribution in [-0.2, 0) is 13.0 Å². The first-order valence-corrected chi connectivity index (χ1v) is 7.06. The Morgan fingerprint density at radius 2 is 2.43 bits per heavy atom. The zero-order chi connectivity index (χ0) is 9.80. The summed E-state index contributed by atoms with van der Waals surface area (Å²) in [5, 5.41) is 4.16. The van der Waals surface area contributed by atoms with E-state index < -0.39 is 0 Å². The van der Waals surface area contributed by atoms with Gasteiger partial charge in [-0.3, -0.25) is 0 Å². The Hall–Kier alpha value is -0.0600. The first-order valence-electron chi connectivity index (χ1n) is 5.13. The predicted octanol–water partition coefficient (Wildman–Crippen LogP) is 2.43. The van der Waals surface area contributed by atoms with Gasteiger partial charge in [-0.05, 0) is 18.6 Å². The van der Waals surface area contributed by atoms with Gasteiger partial charge in [0.2, 0.25) is 0 Å². The van der Waals surface area contributed by atoms with Crippen LogP contribution >= 0.6 is 23.1 Å². The minimum Gasteiger partial charge on any atom is -0.325 e. The summed E-state index contributed by atoms with van der Waals surface area (Å²) >= 11 is 3.87. The summed E-state index contributed by atoms with van der Waals surface area (Å²) in [5.41, 5.74) is 6.58. The van der Waals surface area contributed by atoms with E-state index in [9.17, 15) is 0 Å². The number of nitrogens with zero attached hydrogens (tertiary/aromatic N) is 1. The topological polar surface area (TPSA) is 38.9 Å². The highest BCUT2D eigenvalue weighted by Crippen LogP contribution is 2.28. The quantitative estimate of drug-likeness (QED) is 0.863. The van der Waals surface area contributed by atoms with E-state index in [1.54, 1.807) is 11.3 Å². The van der Waals surface area contributed by atoms with Crippen LogP contribution in [0.25, 0.3) is 0 Å². The molecule has 4 heteroatoms. The summed E-state index contributed by atoms with van der Waals surface area (Å²) in [6, 6.07) is 0. The van der Waals surface area contributed by atoms with Crippen LogP contribution in [0.4, 0.5) is 0 Å². The molecule has 2 heterocycles. The molecule has 2 rings (SSSR count). The average Bonchev–Trinajstić information content (AvgIpc) is 2.67. The molecule has 0 spiro atoms. The average molecular weight is 228 g/mol. The Balaban J connectivity index is 1.89. The van der Waals surface area contributed by atoms with Crippen molar-refractivity contribution in [2.24, 2.45) is 5.73 Å². The Kier molecular flexibility index (Phi) is 3.84. The maximum Gasteiger partial charge on any atom is 0.0939 e. The predicted molar refractivity (Wildman–Crippen MR) is 63.8 cm³/mol. The second-order valence-corrected chi connectivity index (χ2v) is 5.98. The molecular weight excluding hydrogens is 212 g/mol. The molecule has 1 unspecified atom stereocenters. The maximum absolute atomic E-state index is 5.54. The van der Waals surface area contributed by atoms with Gasteiger partial charge in [-0.25, -0.2) is 4.98 Å². The first-order chi connectivity index (χ1) is 6.88. The van der Waals surface area contributed by atoms with Gasteiger partial charge in [-0.15, -0.1) is 11.3 Å². The molecule has 0 amide bonds. The smallest absolute Gasteiger partial charge is 0.0939 e. The molecular formula is C10H16N2S2. The SMILES string of the molecule is NCc1csc(CC2CCCCS2)n1. The molecule has 1 atom stereocenters. The minimum atomic E-state index is 0.578. The van der Waals surface area contributed by atoms with Gasteiger partial charge in [0.15, 0.2) is 0 Å². The van der Waals surface area contributed by atoms with Gasteiger partial charge in [0.1, 0.15) is 0 Å². The summed E-state index contributed by atoms with van der Waals surface area (Å²) in [4.78, 5) is 4.50. The number of thioether (sulfide) groups is 1. The second kappa shape index (κ2) is 5.14. The van der Waals surface area contributed by atoms with Crippen LogP contribution in [0.2, 0.25) is 0 Å². The van der Waals surface area contributed by atoms with Gasteiger partial charge in [0.05, 0.1) is 10.7 Å². The molecule has 2 N–H and O–H groups in total. The third kappa shape index (κ3) is 2.72. The summed E-state index contributed by atoms with van der Waals surface area (Å²) in [6.07, 6.45) is 5.30. The van der Waals surface area contributed by atoms with Gasteiger partial charge in [-0.2, -0.15) is 11.8 Å². The van der Waals surface area contributed by atoms with E-state index >= 15 is 0 Å². The molecule has 1 aromatic rings. The standard InChI is InChI=1S/C10H16N2S2/c11-6-8-7-14-10(12-8)5-9-3-1-2-4-13-9/h7,9H,1-6,11H2. The largest absolute Gasteiger partial charge is 0.325 e. The van der Waals surface area contributed by atoms with Gasteiger partial charge in [0, 0.05) is 23.6 Å². The molecule has 2 nitrogen and oxygen atoms in total. The highest BCUT2D eigenvalue weighted by molar-refractivity contribution is 7.99. The summed E-state index contributed by atoms with van der Waals surface area (Å²) in [7, 11) is 0. The van der Waals surface area contributed by atoms with E-state index in [0.717, 1.165) is 17.4 Å². The first kappa shape index (κ1) is 10.5. The molecule has 0 saturated carbocycles. The van der Waals surface area contributed by atoms with E-state index in [0.29, 0.717) is 6.54 Å². The van der Waals surface area contributed by atoms with Crippen LogP contribution in [-0.4, -0.2) is 16.0 Å². The minimum absolute atomic E-state index is 0.578. The van der Waals surface area contributed by atoms with Crippen molar-refractivity contribution in [3.8, 4) is 0 Å². The van der Waals surface area contributed by atoms with Gasteiger partial charge >= 0.3 is 0 Å². The number of rotatable bonds is 3. The molecule has 1 aliphatic heterocycles. The molecule has 0 radical (unpaired) electrons. The number of hydrogen-bond acceptors (Lipinski definition) is 4. The van der Waals surface area contributed by atoms with Crippen LogP contribution in [0.3, 0.4) is 0 Å². The van der Waals surface area contributed by atoms with Crippen molar-refractivity contribution in [2.75, 3.05) is 5.75 Å². The van der Waals surface area contributed by atoms with E-state index in [1.807, 2.05) is 0 Å². The molecule has 14 heavy (non-hydrogen) atoms. The van der Waals surface area contributed by atoms with Crippen molar-refractivity contribution in [3.63, 3.8) is 0 Å². The zero-order valence-corrected chi connectivity index (χ0v) is 9.87. The fraction of sp³-hybridized carbons (Fsp3) is 0.700. The third-order valence-corrected chi connectivity index (χ3v) is 4.80. The maximum atomic E-state index is 5.54. The van der Waals surface area contributed by atoms with Gasteiger partial charge in [0.25, 0.3) is 0 Å². The van der Waals surface area contributed by atoms with Crippen molar-refractivity contribution < 1.29 is 0 Å². The second-order valence-electron chi connectivity index (χ2n) is 3.63. The molecule has 0 aliphatic carbocycles. The van der Waals surface area contributed by atoms with Crippen molar-refractivity contribution in [2.45, 2.75) is 37.5 Å². The number of thiazole rings is 1. The van der Waals surface area contributed by atoms with Gasteiger partial charge in [-0.1, -0.05) is 6.42 Å². The Morgan fingerprint density at radius 1 is 1.50 bits per heavy atom. The van der Waals surface area contributed by atoms with Gasteiger partial charge < -0.3 is 5.73 Å². The fourth-order valence-electron chi connectivity index (χ4n) is 1.70. The van der Waals surface area contributed by atoms with E-state index in [2.05, 4.69) is 22.1 Å². The lowest BCUT2D eigenvalue weighted by Crippen LogP contribution is -2.12. The van der Waals surface area contributed by atoms with Crippen LogP contribution < -0.4 is 5.73 Å². The van der Waals surface area contributed by atoms with E-state index in [-0.39, 0.29) is 0 Å². The van der Waals surface area contributed by atoms with Crippen LogP contribution in [0.5, 0.6) is 0 Å². The lowest BCUT2D eigenvalue weighted by molar-refractivity contribution is 0.658. The lowest BCUT2D eigenvalue weighted by atomic mass is 10.1. The molecule has 1 aromatic heterocycles. The van der Waals surface area contributed by atoms with E-state index in [1.165, 1.54) is 30.0 Å². The monoisotopic (exact) mass is 228 g/mol. The van der Waals surface area contributed by atoms with Crippen LogP contribution in [0.1, 0.15) is 30.0 Å². The molecule has 0 aromatic carbocycles. The lowest BCUT2D eigenvalue weighted by Gasteiger charge is -2.19. The summed E-state index contributed by atoms with van der Waals surface area (Å²) in [5.74, 6) is 1.33. The third-order valence-electron chi connectivity index (χ3n) is 2.48. The summed E-state index contributed by atoms with van der Waals surface area (Å²) in [6.45, 7) is 0.578. The highest BCUT2D eigenvalue weighted by Gasteiger charge is 2.15. The molecule has 0 bridgehead atoms. The van der Waals surface area contributed by atoms with Crippen molar-refractivity contribution in [1.82, 2.24) is 4.98 Å². The Morgan fingerprint density at radius 3 is 3.07 bits per heavy atom. The van der Waals surface area contributed by atoms with Crippen LogP contribution in [0.15, 0.2) is 5.38 Å². The van der Waals surface area contributed by atoms with Crippen molar-refractivity contribution >= 4 is 23.1 Å². The Bertz CT molecular complexity index is 279.